The quantitative estimate of drug-likeness (QED) is 0.850. The molecule has 1 fully saturated rings. The highest BCUT2D eigenvalue weighted by Crippen LogP contribution is 2.37. The molecule has 0 bridgehead atoms. The van der Waals surface area contributed by atoms with Crippen molar-refractivity contribution in [3.05, 3.63) is 35.9 Å². The maximum absolute atomic E-state index is 12.2. The van der Waals surface area contributed by atoms with Crippen LogP contribution in [0.3, 0.4) is 0 Å². The third-order valence-electron chi connectivity index (χ3n) is 3.94. The van der Waals surface area contributed by atoms with Crippen molar-refractivity contribution in [2.75, 3.05) is 6.54 Å². The van der Waals surface area contributed by atoms with E-state index in [4.69, 9.17) is 6.42 Å². The third-order valence-corrected chi connectivity index (χ3v) is 3.94. The Morgan fingerprint density at radius 2 is 2.15 bits per heavy atom. The summed E-state index contributed by atoms with van der Waals surface area (Å²) >= 11 is 0. The van der Waals surface area contributed by atoms with E-state index in [-0.39, 0.29) is 18.2 Å². The normalized spacial score (nSPS) is 21.3. The standard InChI is InChI=1S/C16H17NO3/c1-3-12-10-14(18)17(11-12)16(4-2,15(19)20)13-8-6-5-7-9-13/h1,5-9,12H,4,10-11H2,2H3,(H,19,20). The van der Waals surface area contributed by atoms with Gasteiger partial charge in [0, 0.05) is 18.9 Å². The number of rotatable bonds is 4. The largest absolute Gasteiger partial charge is 0.479 e. The van der Waals surface area contributed by atoms with Crippen LogP contribution in [-0.2, 0) is 15.1 Å². The molecule has 0 saturated carbocycles. The monoisotopic (exact) mass is 271 g/mol. The Bertz CT molecular complexity index is 561. The molecule has 4 nitrogen and oxygen atoms in total. The Morgan fingerprint density at radius 1 is 1.50 bits per heavy atom. The first-order valence-corrected chi connectivity index (χ1v) is 6.61. The van der Waals surface area contributed by atoms with Crippen molar-refractivity contribution in [2.24, 2.45) is 5.92 Å². The van der Waals surface area contributed by atoms with Crippen molar-refractivity contribution in [1.82, 2.24) is 4.90 Å². The van der Waals surface area contributed by atoms with Crippen LogP contribution < -0.4 is 0 Å². The molecule has 1 amide bonds. The molecule has 2 rings (SSSR count). The number of carboxylic acids is 1. The van der Waals surface area contributed by atoms with Gasteiger partial charge < -0.3 is 10.0 Å². The lowest BCUT2D eigenvalue weighted by atomic mass is 9.85. The predicted molar refractivity (Wildman–Crippen MR) is 74.7 cm³/mol. The van der Waals surface area contributed by atoms with Crippen LogP contribution in [0.4, 0.5) is 0 Å². The number of carbonyl (C=O) groups is 2. The third kappa shape index (κ3) is 2.05. The van der Waals surface area contributed by atoms with E-state index in [0.717, 1.165) is 0 Å². The average molecular weight is 271 g/mol. The molecule has 1 saturated heterocycles. The zero-order chi connectivity index (χ0) is 14.8. The Balaban J connectivity index is 2.52. The van der Waals surface area contributed by atoms with Crippen molar-refractivity contribution in [3.8, 4) is 12.3 Å². The van der Waals surface area contributed by atoms with Crippen LogP contribution in [0.1, 0.15) is 25.3 Å². The minimum Gasteiger partial charge on any atom is -0.479 e. The summed E-state index contributed by atoms with van der Waals surface area (Å²) in [5.41, 5.74) is -0.717. The summed E-state index contributed by atoms with van der Waals surface area (Å²) < 4.78 is 0. The maximum atomic E-state index is 12.2. The van der Waals surface area contributed by atoms with E-state index in [1.165, 1.54) is 4.90 Å². The summed E-state index contributed by atoms with van der Waals surface area (Å²) in [4.78, 5) is 25.6. The Kier molecular flexibility index (Phi) is 3.80. The molecule has 0 aromatic heterocycles. The highest BCUT2D eigenvalue weighted by molar-refractivity contribution is 5.89. The second-order valence-electron chi connectivity index (χ2n) is 4.96. The van der Waals surface area contributed by atoms with Gasteiger partial charge >= 0.3 is 5.97 Å². The summed E-state index contributed by atoms with van der Waals surface area (Å²) in [5.74, 6) is 1.13. The minimum absolute atomic E-state index is 0.193. The number of terminal acetylenes is 1. The molecule has 2 unspecified atom stereocenters. The van der Waals surface area contributed by atoms with Crippen LogP contribution >= 0.6 is 0 Å². The van der Waals surface area contributed by atoms with E-state index >= 15 is 0 Å². The maximum Gasteiger partial charge on any atom is 0.334 e. The molecular formula is C16H17NO3. The van der Waals surface area contributed by atoms with Gasteiger partial charge in [-0.25, -0.2) is 4.79 Å². The number of carbonyl (C=O) groups excluding carboxylic acids is 1. The lowest BCUT2D eigenvalue weighted by molar-refractivity contribution is -0.158. The van der Waals surface area contributed by atoms with Gasteiger partial charge in [0.25, 0.3) is 0 Å². The van der Waals surface area contributed by atoms with Gasteiger partial charge in [-0.1, -0.05) is 37.3 Å². The smallest absolute Gasteiger partial charge is 0.334 e. The second kappa shape index (κ2) is 5.38. The van der Waals surface area contributed by atoms with Crippen LogP contribution in [0.25, 0.3) is 0 Å². The molecular weight excluding hydrogens is 254 g/mol. The van der Waals surface area contributed by atoms with Crippen LogP contribution in [0, 0.1) is 18.3 Å². The zero-order valence-electron chi connectivity index (χ0n) is 11.4. The van der Waals surface area contributed by atoms with Crippen molar-refractivity contribution >= 4 is 11.9 Å². The predicted octanol–water partition coefficient (Wildman–Crippen LogP) is 1.86. The number of carboxylic acid groups (broad SMARTS) is 1. The zero-order valence-corrected chi connectivity index (χ0v) is 11.4. The molecule has 2 atom stereocenters. The molecule has 1 aliphatic heterocycles. The van der Waals surface area contributed by atoms with Gasteiger partial charge in [-0.05, 0) is 12.0 Å². The number of hydrogen-bond donors (Lipinski definition) is 1. The fourth-order valence-corrected chi connectivity index (χ4v) is 2.84. The number of amides is 1. The molecule has 104 valence electrons. The number of hydrogen-bond acceptors (Lipinski definition) is 2. The van der Waals surface area contributed by atoms with Crippen LogP contribution in [0.2, 0.25) is 0 Å². The molecule has 20 heavy (non-hydrogen) atoms. The minimum atomic E-state index is -1.33. The number of nitrogens with zero attached hydrogens (tertiary/aromatic N) is 1. The molecule has 0 aliphatic carbocycles. The van der Waals surface area contributed by atoms with Gasteiger partial charge in [-0.15, -0.1) is 12.3 Å². The highest BCUT2D eigenvalue weighted by atomic mass is 16.4. The van der Waals surface area contributed by atoms with Crippen LogP contribution in [0.5, 0.6) is 0 Å². The Labute approximate surface area is 118 Å². The van der Waals surface area contributed by atoms with Gasteiger partial charge in [-0.2, -0.15) is 0 Å². The summed E-state index contributed by atoms with van der Waals surface area (Å²) in [6.45, 7) is 2.07. The first-order chi connectivity index (χ1) is 9.56. The first kappa shape index (κ1) is 14.1. The van der Waals surface area contributed by atoms with E-state index in [0.29, 0.717) is 18.5 Å². The lowest BCUT2D eigenvalue weighted by Gasteiger charge is -2.38. The molecule has 0 spiro atoms. The molecule has 1 heterocycles. The number of benzene rings is 1. The molecule has 1 N–H and O–H groups in total. The molecule has 4 heteroatoms. The fourth-order valence-electron chi connectivity index (χ4n) is 2.84. The van der Waals surface area contributed by atoms with Gasteiger partial charge in [0.15, 0.2) is 5.54 Å². The highest BCUT2D eigenvalue weighted by Gasteiger charge is 2.49. The summed E-state index contributed by atoms with van der Waals surface area (Å²) in [7, 11) is 0. The number of likely N-dealkylation sites (tertiary alicyclic amines) is 1. The fraction of sp³-hybridized carbons (Fsp3) is 0.375. The SMILES string of the molecule is C#CC1CC(=O)N(C(CC)(C(=O)O)c2ccccc2)C1. The summed E-state index contributed by atoms with van der Waals surface area (Å²) in [6, 6.07) is 8.87. The topological polar surface area (TPSA) is 57.6 Å². The van der Waals surface area contributed by atoms with E-state index in [1.54, 1.807) is 31.2 Å². The van der Waals surface area contributed by atoms with Crippen LogP contribution in [-0.4, -0.2) is 28.4 Å². The summed E-state index contributed by atoms with van der Waals surface area (Å²) in [6.07, 6.45) is 5.90. The van der Waals surface area contributed by atoms with Gasteiger partial charge in [-0.3, -0.25) is 4.79 Å². The van der Waals surface area contributed by atoms with E-state index < -0.39 is 11.5 Å². The van der Waals surface area contributed by atoms with Gasteiger partial charge in [0.2, 0.25) is 5.91 Å². The van der Waals surface area contributed by atoms with Gasteiger partial charge in [0.05, 0.1) is 0 Å². The Morgan fingerprint density at radius 3 is 2.60 bits per heavy atom. The van der Waals surface area contributed by atoms with Gasteiger partial charge in [0.1, 0.15) is 0 Å². The number of aliphatic carboxylic acids is 1. The first-order valence-electron chi connectivity index (χ1n) is 6.61. The van der Waals surface area contributed by atoms with Crippen molar-refractivity contribution in [3.63, 3.8) is 0 Å². The molecule has 0 radical (unpaired) electrons. The van der Waals surface area contributed by atoms with E-state index in [2.05, 4.69) is 5.92 Å². The Hall–Kier alpha value is -2.28. The second-order valence-corrected chi connectivity index (χ2v) is 4.96. The molecule has 1 aliphatic rings. The van der Waals surface area contributed by atoms with Crippen molar-refractivity contribution in [1.29, 1.82) is 0 Å². The summed E-state index contributed by atoms with van der Waals surface area (Å²) in [5, 5.41) is 9.77. The van der Waals surface area contributed by atoms with Crippen LogP contribution in [0.15, 0.2) is 30.3 Å². The molecule has 1 aromatic carbocycles. The average Bonchev–Trinajstić information content (AvgIpc) is 2.83. The molecule has 1 aromatic rings. The lowest BCUT2D eigenvalue weighted by Crippen LogP contribution is -2.52. The van der Waals surface area contributed by atoms with E-state index in [1.807, 2.05) is 6.07 Å². The van der Waals surface area contributed by atoms with E-state index in [9.17, 15) is 14.7 Å². The van der Waals surface area contributed by atoms with Crippen molar-refractivity contribution in [2.45, 2.75) is 25.3 Å². The van der Waals surface area contributed by atoms with Crippen molar-refractivity contribution < 1.29 is 14.7 Å².